The van der Waals surface area contributed by atoms with Crippen molar-refractivity contribution in [1.82, 2.24) is 0 Å². The van der Waals surface area contributed by atoms with E-state index in [1.165, 1.54) is 20.1 Å². The van der Waals surface area contributed by atoms with Crippen molar-refractivity contribution in [1.29, 1.82) is 0 Å². The summed E-state index contributed by atoms with van der Waals surface area (Å²) in [7, 11) is 1.33. The van der Waals surface area contributed by atoms with Gasteiger partial charge in [-0.25, -0.2) is 4.79 Å². The van der Waals surface area contributed by atoms with Gasteiger partial charge in [0.25, 0.3) is 0 Å². The average Bonchev–Trinajstić information content (AvgIpc) is 2.47. The molecule has 0 aliphatic carbocycles. The molecule has 102 valence electrons. The summed E-state index contributed by atoms with van der Waals surface area (Å²) in [6.07, 6.45) is 0. The number of hydrogen-bond acceptors (Lipinski definition) is 4. The second-order valence-corrected chi connectivity index (χ2v) is 4.36. The van der Waals surface area contributed by atoms with Gasteiger partial charge in [0.05, 0.1) is 18.2 Å². The highest BCUT2D eigenvalue weighted by Gasteiger charge is 2.09. The summed E-state index contributed by atoms with van der Waals surface area (Å²) in [5, 5.41) is 9.62. The molecule has 2 aromatic carbocycles. The van der Waals surface area contributed by atoms with Crippen LogP contribution in [0, 0.1) is 0 Å². The molecule has 4 nitrogen and oxygen atoms in total. The Morgan fingerprint density at radius 1 is 1.00 bits per heavy atom. The average molecular weight is 270 g/mol. The Labute approximate surface area is 116 Å². The molecule has 20 heavy (non-hydrogen) atoms. The van der Waals surface area contributed by atoms with Gasteiger partial charge in [-0.05, 0) is 42.3 Å². The molecule has 0 radical (unpaired) electrons. The Kier molecular flexibility index (Phi) is 3.84. The normalized spacial score (nSPS) is 10.1. The smallest absolute Gasteiger partial charge is 0.337 e. The SMILES string of the molecule is COC(=O)c1ccc(-c2ccc(O)c(C(C)=O)c2)cc1. The summed E-state index contributed by atoms with van der Waals surface area (Å²) >= 11 is 0. The van der Waals surface area contributed by atoms with Crippen molar-refractivity contribution in [3.8, 4) is 16.9 Å². The number of aromatic hydroxyl groups is 1. The lowest BCUT2D eigenvalue weighted by Crippen LogP contribution is -2.00. The van der Waals surface area contributed by atoms with E-state index in [1.54, 1.807) is 36.4 Å². The summed E-state index contributed by atoms with van der Waals surface area (Å²) in [6.45, 7) is 1.40. The lowest BCUT2D eigenvalue weighted by molar-refractivity contribution is 0.0600. The fraction of sp³-hybridized carbons (Fsp3) is 0.125. The molecule has 0 heterocycles. The first kappa shape index (κ1) is 13.8. The first-order valence-electron chi connectivity index (χ1n) is 6.05. The molecule has 0 saturated carbocycles. The van der Waals surface area contributed by atoms with Crippen molar-refractivity contribution < 1.29 is 19.4 Å². The summed E-state index contributed by atoms with van der Waals surface area (Å²) < 4.78 is 4.63. The second kappa shape index (κ2) is 5.57. The van der Waals surface area contributed by atoms with Crippen molar-refractivity contribution in [2.45, 2.75) is 6.92 Å². The molecule has 0 fully saturated rings. The summed E-state index contributed by atoms with van der Waals surface area (Å²) in [5.74, 6) is -0.630. The number of ketones is 1. The van der Waals surface area contributed by atoms with Crippen LogP contribution in [0.4, 0.5) is 0 Å². The van der Waals surface area contributed by atoms with Gasteiger partial charge < -0.3 is 9.84 Å². The Balaban J connectivity index is 2.39. The van der Waals surface area contributed by atoms with Crippen molar-refractivity contribution in [2.75, 3.05) is 7.11 Å². The van der Waals surface area contributed by atoms with Gasteiger partial charge in [-0.15, -0.1) is 0 Å². The monoisotopic (exact) mass is 270 g/mol. The quantitative estimate of drug-likeness (QED) is 0.687. The van der Waals surface area contributed by atoms with Gasteiger partial charge in [0.2, 0.25) is 0 Å². The minimum absolute atomic E-state index is 0.0348. The van der Waals surface area contributed by atoms with E-state index in [9.17, 15) is 14.7 Å². The van der Waals surface area contributed by atoms with E-state index in [4.69, 9.17) is 0 Å². The highest BCUT2D eigenvalue weighted by Crippen LogP contribution is 2.26. The van der Waals surface area contributed by atoms with Crippen molar-refractivity contribution in [2.24, 2.45) is 0 Å². The molecule has 4 heteroatoms. The van der Waals surface area contributed by atoms with Crippen molar-refractivity contribution in [3.63, 3.8) is 0 Å². The standard InChI is InChI=1S/C16H14O4/c1-10(17)14-9-13(7-8-15(14)18)11-3-5-12(6-4-11)16(19)20-2/h3-9,18H,1-2H3. The topological polar surface area (TPSA) is 63.6 Å². The van der Waals surface area contributed by atoms with Crippen LogP contribution in [0.15, 0.2) is 42.5 Å². The van der Waals surface area contributed by atoms with Crippen LogP contribution in [0.3, 0.4) is 0 Å². The number of carbonyl (C=O) groups is 2. The van der Waals surface area contributed by atoms with Gasteiger partial charge in [-0.1, -0.05) is 18.2 Å². The zero-order valence-corrected chi connectivity index (χ0v) is 11.2. The molecule has 0 amide bonds. The third-order valence-electron chi connectivity index (χ3n) is 3.02. The van der Waals surface area contributed by atoms with E-state index in [0.717, 1.165) is 11.1 Å². The van der Waals surface area contributed by atoms with Gasteiger partial charge in [0, 0.05) is 0 Å². The van der Waals surface area contributed by atoms with Crippen LogP contribution in [0.25, 0.3) is 11.1 Å². The van der Waals surface area contributed by atoms with Gasteiger partial charge in [0.15, 0.2) is 5.78 Å². The minimum atomic E-state index is -0.397. The molecule has 0 bridgehead atoms. The number of ether oxygens (including phenoxy) is 1. The van der Waals surface area contributed by atoms with Gasteiger partial charge >= 0.3 is 5.97 Å². The van der Waals surface area contributed by atoms with Crippen molar-refractivity contribution in [3.05, 3.63) is 53.6 Å². The zero-order valence-electron chi connectivity index (χ0n) is 11.2. The maximum absolute atomic E-state index is 11.4. The van der Waals surface area contributed by atoms with Crippen molar-refractivity contribution >= 4 is 11.8 Å². The maximum Gasteiger partial charge on any atom is 0.337 e. The molecule has 0 unspecified atom stereocenters. The Morgan fingerprint density at radius 3 is 2.15 bits per heavy atom. The minimum Gasteiger partial charge on any atom is -0.507 e. The number of hydrogen-bond donors (Lipinski definition) is 1. The van der Waals surface area contributed by atoms with Crippen LogP contribution in [-0.4, -0.2) is 24.0 Å². The Hall–Kier alpha value is -2.62. The zero-order chi connectivity index (χ0) is 14.7. The van der Waals surface area contributed by atoms with Crippen LogP contribution in [0.1, 0.15) is 27.6 Å². The number of rotatable bonds is 3. The molecular weight excluding hydrogens is 256 g/mol. The van der Waals surface area contributed by atoms with E-state index in [1.807, 2.05) is 0 Å². The molecule has 2 rings (SSSR count). The Morgan fingerprint density at radius 2 is 1.60 bits per heavy atom. The lowest BCUT2D eigenvalue weighted by Gasteiger charge is -2.06. The van der Waals surface area contributed by atoms with Gasteiger partial charge in [-0.3, -0.25) is 4.79 Å². The number of esters is 1. The third-order valence-corrected chi connectivity index (χ3v) is 3.02. The molecule has 0 saturated heterocycles. The molecule has 0 atom stereocenters. The van der Waals surface area contributed by atoms with Gasteiger partial charge in [0.1, 0.15) is 5.75 Å². The van der Waals surface area contributed by atoms with E-state index < -0.39 is 5.97 Å². The molecular formula is C16H14O4. The van der Waals surface area contributed by atoms with E-state index in [-0.39, 0.29) is 17.1 Å². The number of benzene rings is 2. The van der Waals surface area contributed by atoms with Crippen LogP contribution in [-0.2, 0) is 4.74 Å². The third kappa shape index (κ3) is 2.69. The highest BCUT2D eigenvalue weighted by atomic mass is 16.5. The lowest BCUT2D eigenvalue weighted by atomic mass is 10.00. The maximum atomic E-state index is 11.4. The first-order chi connectivity index (χ1) is 9.52. The van der Waals surface area contributed by atoms with Crippen LogP contribution >= 0.6 is 0 Å². The van der Waals surface area contributed by atoms with Crippen LogP contribution < -0.4 is 0 Å². The predicted molar refractivity (Wildman–Crippen MR) is 74.9 cm³/mol. The molecule has 0 aliphatic rings. The van der Waals surface area contributed by atoms with Crippen LogP contribution in [0.2, 0.25) is 0 Å². The Bertz CT molecular complexity index is 657. The van der Waals surface area contributed by atoms with Crippen LogP contribution in [0.5, 0.6) is 5.75 Å². The predicted octanol–water partition coefficient (Wildman–Crippen LogP) is 3.05. The second-order valence-electron chi connectivity index (χ2n) is 4.36. The number of methoxy groups -OCH3 is 1. The number of Topliss-reactive ketones (excluding diaryl/α,β-unsaturated/α-hetero) is 1. The highest BCUT2D eigenvalue weighted by molar-refractivity contribution is 5.98. The fourth-order valence-corrected chi connectivity index (χ4v) is 1.91. The first-order valence-corrected chi connectivity index (χ1v) is 6.05. The number of phenols is 1. The van der Waals surface area contributed by atoms with E-state index in [2.05, 4.69) is 4.74 Å². The van der Waals surface area contributed by atoms with E-state index in [0.29, 0.717) is 5.56 Å². The fourth-order valence-electron chi connectivity index (χ4n) is 1.91. The summed E-state index contributed by atoms with van der Waals surface area (Å²) in [5.41, 5.74) is 2.38. The number of carbonyl (C=O) groups excluding carboxylic acids is 2. The van der Waals surface area contributed by atoms with Gasteiger partial charge in [-0.2, -0.15) is 0 Å². The molecule has 0 spiro atoms. The molecule has 0 aliphatic heterocycles. The molecule has 2 aromatic rings. The summed E-state index contributed by atoms with van der Waals surface area (Å²) in [6, 6.07) is 11.7. The molecule has 0 aromatic heterocycles. The molecule has 1 N–H and O–H groups in total. The number of phenolic OH excluding ortho intramolecular Hbond substituents is 1. The van der Waals surface area contributed by atoms with E-state index >= 15 is 0 Å². The largest absolute Gasteiger partial charge is 0.507 e. The summed E-state index contributed by atoms with van der Waals surface area (Å²) in [4.78, 5) is 22.8.